The molecule has 0 bridgehead atoms. The highest BCUT2D eigenvalue weighted by Gasteiger charge is 1.99. The molecule has 0 nitrogen and oxygen atoms in total. The zero-order valence-electron chi connectivity index (χ0n) is 7.69. The van der Waals surface area contributed by atoms with Crippen molar-refractivity contribution in [1.29, 1.82) is 0 Å². The molecule has 0 aliphatic carbocycles. The predicted octanol–water partition coefficient (Wildman–Crippen LogP) is 2.49. The standard InChI is InChI=1S/C10H21.Al.3H/c1-5-10(4)8-6-7-9(2)3;;;;/h9-10H,2,5-8H2,1,3-4H3;;;;. The van der Waals surface area contributed by atoms with Gasteiger partial charge in [0.05, 0.1) is 0 Å². The first kappa shape index (κ1) is 14.1. The quantitative estimate of drug-likeness (QED) is 0.557. The SMILES string of the molecule is [AlH3].[CH2]C(C)CCCC(C)CC. The Morgan fingerprint density at radius 3 is 2.09 bits per heavy atom. The van der Waals surface area contributed by atoms with Gasteiger partial charge < -0.3 is 0 Å². The van der Waals surface area contributed by atoms with E-state index in [-0.39, 0.29) is 17.4 Å². The van der Waals surface area contributed by atoms with Crippen molar-refractivity contribution in [2.75, 3.05) is 0 Å². The van der Waals surface area contributed by atoms with Gasteiger partial charge in [0.15, 0.2) is 17.4 Å². The van der Waals surface area contributed by atoms with Crippen LogP contribution in [0.15, 0.2) is 0 Å². The molecule has 0 aromatic heterocycles. The second kappa shape index (κ2) is 8.63. The molecule has 2 atom stereocenters. The van der Waals surface area contributed by atoms with Gasteiger partial charge in [0.1, 0.15) is 0 Å². The van der Waals surface area contributed by atoms with Crippen LogP contribution in [0.1, 0.15) is 46.5 Å². The van der Waals surface area contributed by atoms with Crippen molar-refractivity contribution in [3.63, 3.8) is 0 Å². The summed E-state index contributed by atoms with van der Waals surface area (Å²) in [5.41, 5.74) is 0. The van der Waals surface area contributed by atoms with Gasteiger partial charge in [-0.25, -0.2) is 0 Å². The molecule has 0 saturated carbocycles. The normalized spacial score (nSPS) is 12.8. The van der Waals surface area contributed by atoms with Gasteiger partial charge in [0, 0.05) is 0 Å². The molecule has 0 aliphatic rings. The summed E-state index contributed by atoms with van der Waals surface area (Å²) < 4.78 is 0. The largest absolute Gasteiger partial charge is 0.187 e. The van der Waals surface area contributed by atoms with Crippen molar-refractivity contribution in [1.82, 2.24) is 0 Å². The van der Waals surface area contributed by atoms with Crippen LogP contribution in [0.5, 0.6) is 0 Å². The third kappa shape index (κ3) is 10.5. The second-order valence-corrected chi connectivity index (χ2v) is 3.55. The summed E-state index contributed by atoms with van der Waals surface area (Å²) in [6.45, 7) is 10.7. The molecule has 11 heavy (non-hydrogen) atoms. The lowest BCUT2D eigenvalue weighted by molar-refractivity contribution is 0.461. The summed E-state index contributed by atoms with van der Waals surface area (Å²) in [7, 11) is 0. The molecular weight excluding hydrogens is 147 g/mol. The fourth-order valence-electron chi connectivity index (χ4n) is 1.02. The monoisotopic (exact) mass is 171 g/mol. The lowest BCUT2D eigenvalue weighted by Crippen LogP contribution is -1.94. The van der Waals surface area contributed by atoms with E-state index in [9.17, 15) is 0 Å². The van der Waals surface area contributed by atoms with Crippen molar-refractivity contribution >= 4 is 17.4 Å². The Kier molecular flexibility index (Phi) is 11.0. The number of hydrogen-bond acceptors (Lipinski definition) is 0. The molecule has 0 N–H and O–H groups in total. The number of rotatable bonds is 5. The van der Waals surface area contributed by atoms with Crippen molar-refractivity contribution in [2.24, 2.45) is 11.8 Å². The molecule has 0 spiro atoms. The molecule has 1 heteroatoms. The molecule has 0 saturated heterocycles. The van der Waals surface area contributed by atoms with Crippen LogP contribution in [0.3, 0.4) is 0 Å². The maximum absolute atomic E-state index is 3.96. The maximum Gasteiger partial charge on any atom is 0.187 e. The summed E-state index contributed by atoms with van der Waals surface area (Å²) >= 11 is 0. The van der Waals surface area contributed by atoms with Gasteiger partial charge in [-0.05, 0) is 11.8 Å². The minimum atomic E-state index is 0. The van der Waals surface area contributed by atoms with Gasteiger partial charge >= 0.3 is 0 Å². The molecule has 1 radical (unpaired) electrons. The van der Waals surface area contributed by atoms with Crippen LogP contribution in [-0.2, 0) is 0 Å². The highest BCUT2D eigenvalue weighted by molar-refractivity contribution is 5.75. The Morgan fingerprint density at radius 2 is 1.73 bits per heavy atom. The van der Waals surface area contributed by atoms with E-state index in [4.69, 9.17) is 0 Å². The molecule has 0 rings (SSSR count). The topological polar surface area (TPSA) is 0 Å². The van der Waals surface area contributed by atoms with Crippen LogP contribution >= 0.6 is 0 Å². The van der Waals surface area contributed by atoms with E-state index in [1.54, 1.807) is 0 Å². The third-order valence-electron chi connectivity index (χ3n) is 2.09. The van der Waals surface area contributed by atoms with Gasteiger partial charge in [-0.1, -0.05) is 53.4 Å². The fraction of sp³-hybridized carbons (Fsp3) is 0.900. The lowest BCUT2D eigenvalue weighted by atomic mass is 9.98. The van der Waals surface area contributed by atoms with Gasteiger partial charge in [-0.3, -0.25) is 0 Å². The lowest BCUT2D eigenvalue weighted by Gasteiger charge is -2.08. The van der Waals surface area contributed by atoms with Gasteiger partial charge in [-0.2, -0.15) is 0 Å². The summed E-state index contributed by atoms with van der Waals surface area (Å²) in [6.07, 6.45) is 5.37. The Morgan fingerprint density at radius 1 is 1.18 bits per heavy atom. The van der Waals surface area contributed by atoms with Crippen LogP contribution in [0.25, 0.3) is 0 Å². The molecule has 0 aromatic rings. The van der Waals surface area contributed by atoms with Crippen molar-refractivity contribution in [3.05, 3.63) is 6.92 Å². The molecule has 0 aromatic carbocycles. The van der Waals surface area contributed by atoms with Crippen LogP contribution in [0, 0.1) is 18.8 Å². The van der Waals surface area contributed by atoms with Gasteiger partial charge in [0.2, 0.25) is 0 Å². The molecule has 0 fully saturated rings. The van der Waals surface area contributed by atoms with E-state index < -0.39 is 0 Å². The maximum atomic E-state index is 3.96. The second-order valence-electron chi connectivity index (χ2n) is 3.55. The highest BCUT2D eigenvalue weighted by Crippen LogP contribution is 2.13. The smallest absolute Gasteiger partial charge is 0.0651 e. The Hall–Kier alpha value is 0.532. The summed E-state index contributed by atoms with van der Waals surface area (Å²) in [5, 5.41) is 0. The molecule has 0 aliphatic heterocycles. The van der Waals surface area contributed by atoms with Crippen LogP contribution in [-0.4, -0.2) is 17.4 Å². The zero-order valence-corrected chi connectivity index (χ0v) is 7.69. The van der Waals surface area contributed by atoms with E-state index >= 15 is 0 Å². The van der Waals surface area contributed by atoms with E-state index in [2.05, 4.69) is 27.7 Å². The van der Waals surface area contributed by atoms with E-state index in [1.165, 1.54) is 25.7 Å². The molecule has 2 unspecified atom stereocenters. The van der Waals surface area contributed by atoms with E-state index in [1.807, 2.05) is 0 Å². The Labute approximate surface area is 82.9 Å². The van der Waals surface area contributed by atoms with Crippen LogP contribution in [0.4, 0.5) is 0 Å². The molecule has 0 amide bonds. The first-order chi connectivity index (χ1) is 4.66. The summed E-state index contributed by atoms with van der Waals surface area (Å²) in [6, 6.07) is 0. The molecule has 67 valence electrons. The summed E-state index contributed by atoms with van der Waals surface area (Å²) in [5.74, 6) is 1.56. The van der Waals surface area contributed by atoms with Gasteiger partial charge in [0.25, 0.3) is 0 Å². The van der Waals surface area contributed by atoms with Crippen molar-refractivity contribution < 1.29 is 0 Å². The van der Waals surface area contributed by atoms with Gasteiger partial charge in [-0.15, -0.1) is 0 Å². The third-order valence-corrected chi connectivity index (χ3v) is 2.09. The first-order valence-electron chi connectivity index (χ1n) is 4.49. The molecule has 0 heterocycles. The van der Waals surface area contributed by atoms with Crippen molar-refractivity contribution in [3.8, 4) is 0 Å². The summed E-state index contributed by atoms with van der Waals surface area (Å²) in [4.78, 5) is 0. The minimum Gasteiger partial charge on any atom is -0.0651 e. The zero-order chi connectivity index (χ0) is 7.98. The highest BCUT2D eigenvalue weighted by atomic mass is 27.0. The minimum absolute atomic E-state index is 0. The number of hydrogen-bond donors (Lipinski definition) is 0. The average Bonchev–Trinajstić information content (AvgIpc) is 1.87. The average molecular weight is 171 g/mol. The molecular formula is C10H24Al. The van der Waals surface area contributed by atoms with E-state index in [0.29, 0.717) is 5.92 Å². The van der Waals surface area contributed by atoms with E-state index in [0.717, 1.165) is 5.92 Å². The Balaban J connectivity index is 0. The van der Waals surface area contributed by atoms with Crippen LogP contribution in [0.2, 0.25) is 0 Å². The first-order valence-corrected chi connectivity index (χ1v) is 4.49. The predicted molar refractivity (Wildman–Crippen MR) is 57.8 cm³/mol. The van der Waals surface area contributed by atoms with Crippen molar-refractivity contribution in [2.45, 2.75) is 46.5 Å². The van der Waals surface area contributed by atoms with Crippen LogP contribution < -0.4 is 0 Å². The Bertz CT molecular complexity index is 69.3. The fourth-order valence-corrected chi connectivity index (χ4v) is 1.02.